The van der Waals surface area contributed by atoms with E-state index in [0.29, 0.717) is 5.57 Å². The molecule has 0 aliphatic carbocycles. The minimum Gasteiger partial charge on any atom is -0.369 e. The maximum Gasteiger partial charge on any atom is 0.245 e. The zero-order valence-corrected chi connectivity index (χ0v) is 11.4. The molecule has 1 aromatic rings. The molecule has 1 amide bonds. The Balaban J connectivity index is 1.92. The quantitative estimate of drug-likeness (QED) is 0.828. The average Bonchev–Trinajstić information content (AvgIpc) is 2.46. The molecule has 0 saturated carbocycles. The number of primary amides is 1. The largest absolute Gasteiger partial charge is 0.369 e. The van der Waals surface area contributed by atoms with Crippen molar-refractivity contribution in [2.45, 2.75) is 13.0 Å². The number of hydrogen-bond donors (Lipinski definition) is 1. The summed E-state index contributed by atoms with van der Waals surface area (Å²) >= 11 is 0. The monoisotopic (exact) mass is 259 g/mol. The van der Waals surface area contributed by atoms with E-state index in [4.69, 9.17) is 5.73 Å². The van der Waals surface area contributed by atoms with Gasteiger partial charge in [-0.1, -0.05) is 24.8 Å². The maximum atomic E-state index is 11.2. The Labute approximate surface area is 114 Å². The Bertz CT molecular complexity index is 450. The average molecular weight is 259 g/mol. The lowest BCUT2D eigenvalue weighted by Gasteiger charge is -2.39. The summed E-state index contributed by atoms with van der Waals surface area (Å²) in [5, 5.41) is 0. The summed E-state index contributed by atoms with van der Waals surface area (Å²) in [6, 6.07) is 10.4. The van der Waals surface area contributed by atoms with E-state index in [-0.39, 0.29) is 6.04 Å². The number of piperazine rings is 1. The highest BCUT2D eigenvalue weighted by Gasteiger charge is 2.24. The molecule has 2 rings (SSSR count). The zero-order valence-electron chi connectivity index (χ0n) is 11.4. The Morgan fingerprint density at radius 2 is 1.79 bits per heavy atom. The summed E-state index contributed by atoms with van der Waals surface area (Å²) in [7, 11) is 0. The van der Waals surface area contributed by atoms with Crippen molar-refractivity contribution >= 4 is 11.6 Å². The molecule has 0 bridgehead atoms. The van der Waals surface area contributed by atoms with Crippen LogP contribution in [-0.4, -0.2) is 43.0 Å². The Morgan fingerprint density at radius 1 is 1.21 bits per heavy atom. The SMILES string of the molecule is C=C(C(N)=O)C(C)N1CCN(c2ccccc2)CC1. The second-order valence-electron chi connectivity index (χ2n) is 4.92. The molecule has 1 unspecified atom stereocenters. The molecule has 0 radical (unpaired) electrons. The highest BCUT2D eigenvalue weighted by atomic mass is 16.1. The minimum absolute atomic E-state index is 0.0235. The first-order chi connectivity index (χ1) is 9.09. The van der Waals surface area contributed by atoms with E-state index < -0.39 is 5.91 Å². The van der Waals surface area contributed by atoms with E-state index in [1.54, 1.807) is 0 Å². The van der Waals surface area contributed by atoms with Gasteiger partial charge in [-0.15, -0.1) is 0 Å². The standard InChI is InChI=1S/C15H21N3O/c1-12(15(16)19)13(2)17-8-10-18(11-9-17)14-6-4-3-5-7-14/h3-7,13H,1,8-11H2,2H3,(H2,16,19). The minimum atomic E-state index is -0.405. The van der Waals surface area contributed by atoms with E-state index in [9.17, 15) is 4.79 Å². The molecule has 4 heteroatoms. The van der Waals surface area contributed by atoms with Crippen LogP contribution in [0.15, 0.2) is 42.5 Å². The molecule has 1 heterocycles. The van der Waals surface area contributed by atoms with Gasteiger partial charge in [-0.25, -0.2) is 0 Å². The van der Waals surface area contributed by atoms with Crippen LogP contribution < -0.4 is 10.6 Å². The van der Waals surface area contributed by atoms with Crippen molar-refractivity contribution in [1.82, 2.24) is 4.90 Å². The van der Waals surface area contributed by atoms with Crippen molar-refractivity contribution in [1.29, 1.82) is 0 Å². The van der Waals surface area contributed by atoms with Gasteiger partial charge in [0.05, 0.1) is 0 Å². The molecule has 102 valence electrons. The van der Waals surface area contributed by atoms with E-state index in [0.717, 1.165) is 26.2 Å². The Hall–Kier alpha value is -1.81. The molecule has 1 aliphatic heterocycles. The summed E-state index contributed by atoms with van der Waals surface area (Å²) in [4.78, 5) is 15.8. The lowest BCUT2D eigenvalue weighted by atomic mass is 10.1. The number of para-hydroxylation sites is 1. The van der Waals surface area contributed by atoms with Crippen LogP contribution in [0.1, 0.15) is 6.92 Å². The molecule has 0 spiro atoms. The highest BCUT2D eigenvalue weighted by Crippen LogP contribution is 2.18. The number of amides is 1. The summed E-state index contributed by atoms with van der Waals surface area (Å²) in [6.07, 6.45) is 0. The Kier molecular flexibility index (Phi) is 4.22. The van der Waals surface area contributed by atoms with Crippen molar-refractivity contribution < 1.29 is 4.79 Å². The van der Waals surface area contributed by atoms with Crippen molar-refractivity contribution in [2.24, 2.45) is 5.73 Å². The predicted molar refractivity (Wildman–Crippen MR) is 78.0 cm³/mol. The third-order valence-electron chi connectivity index (χ3n) is 3.80. The summed E-state index contributed by atoms with van der Waals surface area (Å²) in [6.45, 7) is 9.52. The van der Waals surface area contributed by atoms with Crippen molar-refractivity contribution in [3.63, 3.8) is 0 Å². The van der Waals surface area contributed by atoms with E-state index in [2.05, 4.69) is 40.6 Å². The molecule has 1 saturated heterocycles. The van der Waals surface area contributed by atoms with E-state index >= 15 is 0 Å². The molecule has 2 N–H and O–H groups in total. The first kappa shape index (κ1) is 13.6. The van der Waals surface area contributed by atoms with E-state index in [1.165, 1.54) is 5.69 Å². The normalized spacial score (nSPS) is 18.1. The zero-order chi connectivity index (χ0) is 13.8. The highest BCUT2D eigenvalue weighted by molar-refractivity contribution is 5.92. The van der Waals surface area contributed by atoms with Gasteiger partial charge in [0.25, 0.3) is 0 Å². The molecule has 19 heavy (non-hydrogen) atoms. The van der Waals surface area contributed by atoms with Gasteiger partial charge in [-0.2, -0.15) is 0 Å². The molecular weight excluding hydrogens is 238 g/mol. The number of carbonyl (C=O) groups excluding carboxylic acids is 1. The Morgan fingerprint density at radius 3 is 2.32 bits per heavy atom. The fraction of sp³-hybridized carbons (Fsp3) is 0.400. The number of nitrogens with two attached hydrogens (primary N) is 1. The van der Waals surface area contributed by atoms with Crippen LogP contribution in [0.5, 0.6) is 0 Å². The van der Waals surface area contributed by atoms with Crippen LogP contribution in [0.3, 0.4) is 0 Å². The summed E-state index contributed by atoms with van der Waals surface area (Å²) < 4.78 is 0. The summed E-state index contributed by atoms with van der Waals surface area (Å²) in [5.74, 6) is -0.405. The van der Waals surface area contributed by atoms with Crippen LogP contribution in [0, 0.1) is 0 Å². The lowest BCUT2D eigenvalue weighted by molar-refractivity contribution is -0.115. The number of hydrogen-bond acceptors (Lipinski definition) is 3. The molecule has 1 atom stereocenters. The lowest BCUT2D eigenvalue weighted by Crippen LogP contribution is -2.51. The number of benzene rings is 1. The van der Waals surface area contributed by atoms with Crippen LogP contribution in [0.25, 0.3) is 0 Å². The molecule has 1 fully saturated rings. The van der Waals surface area contributed by atoms with Gasteiger partial charge in [-0.3, -0.25) is 9.69 Å². The number of carbonyl (C=O) groups is 1. The second kappa shape index (κ2) is 5.89. The van der Waals surface area contributed by atoms with Gasteiger partial charge >= 0.3 is 0 Å². The van der Waals surface area contributed by atoms with Crippen molar-refractivity contribution in [3.8, 4) is 0 Å². The van der Waals surface area contributed by atoms with Gasteiger partial charge in [0.15, 0.2) is 0 Å². The van der Waals surface area contributed by atoms with E-state index in [1.807, 2.05) is 13.0 Å². The predicted octanol–water partition coefficient (Wildman–Crippen LogP) is 1.24. The maximum absolute atomic E-state index is 11.2. The van der Waals surface area contributed by atoms with Crippen LogP contribution in [-0.2, 0) is 4.79 Å². The molecule has 4 nitrogen and oxygen atoms in total. The second-order valence-corrected chi connectivity index (χ2v) is 4.92. The van der Waals surface area contributed by atoms with Crippen molar-refractivity contribution in [3.05, 3.63) is 42.5 Å². The third kappa shape index (κ3) is 3.15. The molecular formula is C15H21N3O. The van der Waals surface area contributed by atoms with Gasteiger partial charge in [-0.05, 0) is 19.1 Å². The summed E-state index contributed by atoms with van der Waals surface area (Å²) in [5.41, 5.74) is 7.03. The molecule has 1 aromatic carbocycles. The van der Waals surface area contributed by atoms with Gasteiger partial charge in [0, 0.05) is 43.5 Å². The van der Waals surface area contributed by atoms with Crippen LogP contribution in [0.2, 0.25) is 0 Å². The molecule has 0 aromatic heterocycles. The van der Waals surface area contributed by atoms with Crippen molar-refractivity contribution in [2.75, 3.05) is 31.1 Å². The van der Waals surface area contributed by atoms with Gasteiger partial charge < -0.3 is 10.6 Å². The first-order valence-corrected chi connectivity index (χ1v) is 6.62. The molecule has 1 aliphatic rings. The first-order valence-electron chi connectivity index (χ1n) is 6.62. The third-order valence-corrected chi connectivity index (χ3v) is 3.80. The topological polar surface area (TPSA) is 49.6 Å². The van der Waals surface area contributed by atoms with Gasteiger partial charge in [0.1, 0.15) is 0 Å². The fourth-order valence-electron chi connectivity index (χ4n) is 2.43. The smallest absolute Gasteiger partial charge is 0.245 e. The number of anilines is 1. The number of nitrogens with zero attached hydrogens (tertiary/aromatic N) is 2. The van der Waals surface area contributed by atoms with Gasteiger partial charge in [0.2, 0.25) is 5.91 Å². The fourth-order valence-corrected chi connectivity index (χ4v) is 2.43. The number of rotatable bonds is 4. The van der Waals surface area contributed by atoms with Crippen LogP contribution in [0.4, 0.5) is 5.69 Å². The van der Waals surface area contributed by atoms with Crippen LogP contribution >= 0.6 is 0 Å².